The molecule has 0 atom stereocenters. The smallest absolute Gasteiger partial charge is 0.341 e. The Kier molecular flexibility index (Phi) is 4.29. The van der Waals surface area contributed by atoms with E-state index in [0.29, 0.717) is 37.6 Å². The largest absolute Gasteiger partial charge is 0.435 e. The van der Waals surface area contributed by atoms with Crippen molar-refractivity contribution in [1.29, 1.82) is 0 Å². The first-order valence-electron chi connectivity index (χ1n) is 7.51. The minimum atomic E-state index is -4.51. The molecule has 1 amide bonds. The number of likely N-dealkylation sites (tertiary alicyclic amines) is 1. The Labute approximate surface area is 135 Å². The van der Waals surface area contributed by atoms with Crippen LogP contribution >= 0.6 is 0 Å². The Hall–Kier alpha value is -2.39. The van der Waals surface area contributed by atoms with Crippen LogP contribution in [0.15, 0.2) is 16.8 Å². The fraction of sp³-hybridized carbons (Fsp3) is 0.571. The van der Waals surface area contributed by atoms with Gasteiger partial charge >= 0.3 is 6.18 Å². The summed E-state index contributed by atoms with van der Waals surface area (Å²) in [6.07, 6.45) is -1.98. The van der Waals surface area contributed by atoms with Gasteiger partial charge in [-0.25, -0.2) is 0 Å². The maximum absolute atomic E-state index is 12.5. The highest BCUT2D eigenvalue weighted by atomic mass is 19.4. The first kappa shape index (κ1) is 16.5. The number of hydrogen-bond donors (Lipinski definition) is 0. The number of hydrogen-bond acceptors (Lipinski definition) is 5. The maximum Gasteiger partial charge on any atom is 0.435 e. The van der Waals surface area contributed by atoms with Gasteiger partial charge in [0.15, 0.2) is 11.5 Å². The number of halogens is 3. The third-order valence-corrected chi connectivity index (χ3v) is 3.97. The van der Waals surface area contributed by atoms with Crippen molar-refractivity contribution >= 4 is 5.91 Å². The Bertz CT molecular complexity index is 716. The molecule has 7 nitrogen and oxygen atoms in total. The number of carbonyl (C=O) groups is 1. The van der Waals surface area contributed by atoms with E-state index in [2.05, 4.69) is 15.2 Å². The summed E-state index contributed by atoms with van der Waals surface area (Å²) in [5.41, 5.74) is -0.999. The van der Waals surface area contributed by atoms with Crippen LogP contribution in [-0.2, 0) is 17.5 Å². The summed E-state index contributed by atoms with van der Waals surface area (Å²) in [7, 11) is 0. The SMILES string of the molecule is Cc1noc(C2CCN(C(=O)Cn3ccc(C(F)(F)F)n3)CC2)n1. The molecule has 2 aromatic heterocycles. The van der Waals surface area contributed by atoms with Crippen molar-refractivity contribution in [2.75, 3.05) is 13.1 Å². The molecule has 3 heterocycles. The van der Waals surface area contributed by atoms with Gasteiger partial charge in [0.25, 0.3) is 0 Å². The Morgan fingerprint density at radius 1 is 1.38 bits per heavy atom. The summed E-state index contributed by atoms with van der Waals surface area (Å²) in [6.45, 7) is 2.53. The van der Waals surface area contributed by atoms with E-state index in [4.69, 9.17) is 4.52 Å². The van der Waals surface area contributed by atoms with Crippen LogP contribution in [0, 0.1) is 6.92 Å². The van der Waals surface area contributed by atoms with Gasteiger partial charge in [0.2, 0.25) is 11.8 Å². The van der Waals surface area contributed by atoms with Crippen LogP contribution in [0.3, 0.4) is 0 Å². The second-order valence-electron chi connectivity index (χ2n) is 5.73. The molecule has 0 N–H and O–H groups in total. The fourth-order valence-corrected chi connectivity index (χ4v) is 2.69. The van der Waals surface area contributed by atoms with E-state index in [9.17, 15) is 18.0 Å². The molecule has 0 unspecified atom stereocenters. The number of amides is 1. The van der Waals surface area contributed by atoms with Crippen molar-refractivity contribution < 1.29 is 22.5 Å². The summed E-state index contributed by atoms with van der Waals surface area (Å²) < 4.78 is 43.7. The number of aromatic nitrogens is 4. The fourth-order valence-electron chi connectivity index (χ4n) is 2.69. The van der Waals surface area contributed by atoms with E-state index in [0.717, 1.165) is 16.9 Å². The summed E-state index contributed by atoms with van der Waals surface area (Å²) in [6, 6.07) is 0.859. The van der Waals surface area contributed by atoms with Crippen LogP contribution in [0.4, 0.5) is 13.2 Å². The average Bonchev–Trinajstić information content (AvgIpc) is 3.16. The van der Waals surface area contributed by atoms with Crippen molar-refractivity contribution in [3.05, 3.63) is 29.7 Å². The molecule has 0 aromatic carbocycles. The van der Waals surface area contributed by atoms with Crippen molar-refractivity contribution in [3.8, 4) is 0 Å². The highest BCUT2D eigenvalue weighted by Crippen LogP contribution is 2.28. The van der Waals surface area contributed by atoms with Crippen LogP contribution in [0.2, 0.25) is 0 Å². The number of nitrogens with zero attached hydrogens (tertiary/aromatic N) is 5. The molecule has 0 radical (unpaired) electrons. The second kappa shape index (κ2) is 6.25. The zero-order valence-corrected chi connectivity index (χ0v) is 13.0. The van der Waals surface area contributed by atoms with E-state index < -0.39 is 11.9 Å². The van der Waals surface area contributed by atoms with Gasteiger partial charge in [-0.05, 0) is 25.8 Å². The Balaban J connectivity index is 1.54. The summed E-state index contributed by atoms with van der Waals surface area (Å²) >= 11 is 0. The summed E-state index contributed by atoms with van der Waals surface area (Å²) in [5.74, 6) is 0.993. The van der Waals surface area contributed by atoms with Gasteiger partial charge in [-0.15, -0.1) is 0 Å². The predicted molar refractivity (Wildman–Crippen MR) is 74.8 cm³/mol. The normalized spacial score (nSPS) is 16.6. The van der Waals surface area contributed by atoms with Gasteiger partial charge in [-0.1, -0.05) is 5.16 Å². The minimum absolute atomic E-state index is 0.108. The average molecular weight is 343 g/mol. The molecular weight excluding hydrogens is 327 g/mol. The number of alkyl halides is 3. The van der Waals surface area contributed by atoms with Gasteiger partial charge in [0.1, 0.15) is 6.54 Å². The lowest BCUT2D eigenvalue weighted by Gasteiger charge is -2.30. The molecule has 24 heavy (non-hydrogen) atoms. The molecular formula is C14H16F3N5O2. The Morgan fingerprint density at radius 3 is 2.62 bits per heavy atom. The zero-order valence-electron chi connectivity index (χ0n) is 13.0. The van der Waals surface area contributed by atoms with Crippen molar-refractivity contribution in [2.45, 2.75) is 38.4 Å². The number of carbonyl (C=O) groups excluding carboxylic acids is 1. The lowest BCUT2D eigenvalue weighted by Crippen LogP contribution is -2.39. The molecule has 1 fully saturated rings. The third kappa shape index (κ3) is 3.57. The number of piperidine rings is 1. The van der Waals surface area contributed by atoms with Gasteiger partial charge in [-0.3, -0.25) is 9.48 Å². The lowest BCUT2D eigenvalue weighted by atomic mass is 9.97. The second-order valence-corrected chi connectivity index (χ2v) is 5.73. The van der Waals surface area contributed by atoms with Crippen molar-refractivity contribution in [1.82, 2.24) is 24.8 Å². The van der Waals surface area contributed by atoms with Crippen LogP contribution in [-0.4, -0.2) is 43.8 Å². The molecule has 0 bridgehead atoms. The molecule has 130 valence electrons. The monoisotopic (exact) mass is 343 g/mol. The molecule has 0 aliphatic carbocycles. The molecule has 10 heteroatoms. The van der Waals surface area contributed by atoms with E-state index in [-0.39, 0.29) is 18.4 Å². The van der Waals surface area contributed by atoms with Gasteiger partial charge in [0, 0.05) is 25.2 Å². The van der Waals surface area contributed by atoms with Crippen LogP contribution in [0.1, 0.15) is 36.2 Å². The van der Waals surface area contributed by atoms with Crippen LogP contribution in [0.5, 0.6) is 0 Å². The van der Waals surface area contributed by atoms with E-state index in [1.54, 1.807) is 11.8 Å². The van der Waals surface area contributed by atoms with E-state index in [1.807, 2.05) is 0 Å². The molecule has 1 aliphatic rings. The van der Waals surface area contributed by atoms with Gasteiger partial charge in [0.05, 0.1) is 0 Å². The van der Waals surface area contributed by atoms with Gasteiger partial charge in [-0.2, -0.15) is 23.3 Å². The third-order valence-electron chi connectivity index (χ3n) is 3.97. The highest BCUT2D eigenvalue weighted by Gasteiger charge is 2.34. The van der Waals surface area contributed by atoms with E-state index in [1.165, 1.54) is 0 Å². The minimum Gasteiger partial charge on any atom is -0.341 e. The number of aryl methyl sites for hydroxylation is 1. The van der Waals surface area contributed by atoms with Crippen LogP contribution < -0.4 is 0 Å². The van der Waals surface area contributed by atoms with Crippen molar-refractivity contribution in [3.63, 3.8) is 0 Å². The summed E-state index contributed by atoms with van der Waals surface area (Å²) in [4.78, 5) is 18.0. The molecule has 0 saturated carbocycles. The predicted octanol–water partition coefficient (Wildman–Crippen LogP) is 2.00. The standard InChI is InChI=1S/C14H16F3N5O2/c1-9-18-13(24-20-9)10-2-5-21(6-3-10)12(23)8-22-7-4-11(19-22)14(15,16)17/h4,7,10H,2-3,5-6,8H2,1H3. The molecule has 1 saturated heterocycles. The highest BCUT2D eigenvalue weighted by molar-refractivity contribution is 5.76. The van der Waals surface area contributed by atoms with Crippen molar-refractivity contribution in [2.24, 2.45) is 0 Å². The quantitative estimate of drug-likeness (QED) is 0.852. The summed E-state index contributed by atoms with van der Waals surface area (Å²) in [5, 5.41) is 7.15. The molecule has 0 spiro atoms. The zero-order chi connectivity index (χ0) is 17.3. The molecule has 1 aliphatic heterocycles. The van der Waals surface area contributed by atoms with Crippen LogP contribution in [0.25, 0.3) is 0 Å². The molecule has 2 aromatic rings. The maximum atomic E-state index is 12.5. The lowest BCUT2D eigenvalue weighted by molar-refractivity contribution is -0.142. The topological polar surface area (TPSA) is 77.0 Å². The van der Waals surface area contributed by atoms with Gasteiger partial charge < -0.3 is 9.42 Å². The first-order valence-corrected chi connectivity index (χ1v) is 7.51. The molecule has 3 rings (SSSR count). The first-order chi connectivity index (χ1) is 11.3. The van der Waals surface area contributed by atoms with E-state index >= 15 is 0 Å². The number of rotatable bonds is 3. The Morgan fingerprint density at radius 2 is 2.08 bits per heavy atom.